The highest BCUT2D eigenvalue weighted by atomic mass is 32.2. The Balaban J connectivity index is 1.72. The molecule has 0 fully saturated rings. The second-order valence-electron chi connectivity index (χ2n) is 7.16. The summed E-state index contributed by atoms with van der Waals surface area (Å²) in [5.74, 6) is 1.46. The van der Waals surface area contributed by atoms with Gasteiger partial charge in [-0.15, -0.1) is 11.8 Å². The number of aryl methyl sites for hydroxylation is 3. The van der Waals surface area contributed by atoms with E-state index in [0.717, 1.165) is 40.4 Å². The number of hydrogen-bond donors (Lipinski definition) is 2. The van der Waals surface area contributed by atoms with E-state index in [4.69, 9.17) is 4.74 Å². The summed E-state index contributed by atoms with van der Waals surface area (Å²) in [6, 6.07) is 11.4. The summed E-state index contributed by atoms with van der Waals surface area (Å²) in [4.78, 5) is 24.6. The maximum Gasteiger partial charge on any atom is 0.237 e. The molecule has 156 valence electrons. The topological polar surface area (TPSA) is 67.4 Å². The standard InChI is InChI=1S/C23H30N2O3S/c1-15-13-16(2)22(17(3)14-15)25-21(26)7-6-12-29-18(4)23(27)24-19-8-10-20(28-5)11-9-19/h8-11,13-14,18H,6-7,12H2,1-5H3,(H,24,27)(H,25,26). The van der Waals surface area contributed by atoms with Crippen LogP contribution in [0.5, 0.6) is 5.75 Å². The first kappa shape index (κ1) is 22.8. The molecular formula is C23H30N2O3S. The van der Waals surface area contributed by atoms with E-state index in [2.05, 4.69) is 29.7 Å². The number of carbonyl (C=O) groups is 2. The molecular weight excluding hydrogens is 384 g/mol. The van der Waals surface area contributed by atoms with Crippen LogP contribution in [0.3, 0.4) is 0 Å². The number of carbonyl (C=O) groups excluding carboxylic acids is 2. The van der Waals surface area contributed by atoms with E-state index in [1.807, 2.05) is 45.0 Å². The van der Waals surface area contributed by atoms with Gasteiger partial charge < -0.3 is 15.4 Å². The minimum atomic E-state index is -0.193. The van der Waals surface area contributed by atoms with Crippen LogP contribution in [0, 0.1) is 20.8 Å². The number of anilines is 2. The molecule has 1 atom stereocenters. The van der Waals surface area contributed by atoms with E-state index in [1.165, 1.54) is 5.56 Å². The largest absolute Gasteiger partial charge is 0.497 e. The Morgan fingerprint density at radius 1 is 1.03 bits per heavy atom. The van der Waals surface area contributed by atoms with Crippen LogP contribution in [-0.2, 0) is 9.59 Å². The maximum absolute atomic E-state index is 12.3. The predicted molar refractivity (Wildman–Crippen MR) is 122 cm³/mol. The van der Waals surface area contributed by atoms with Crippen molar-refractivity contribution in [1.82, 2.24) is 0 Å². The number of hydrogen-bond acceptors (Lipinski definition) is 4. The fourth-order valence-electron chi connectivity index (χ4n) is 3.07. The third kappa shape index (κ3) is 7.13. The molecule has 1 unspecified atom stereocenters. The van der Waals surface area contributed by atoms with E-state index in [-0.39, 0.29) is 17.1 Å². The summed E-state index contributed by atoms with van der Waals surface area (Å²) < 4.78 is 5.11. The molecule has 6 heteroatoms. The van der Waals surface area contributed by atoms with Gasteiger partial charge in [0.25, 0.3) is 0 Å². The van der Waals surface area contributed by atoms with Gasteiger partial charge in [-0.25, -0.2) is 0 Å². The lowest BCUT2D eigenvalue weighted by Crippen LogP contribution is -2.23. The fourth-order valence-corrected chi connectivity index (χ4v) is 3.94. The molecule has 29 heavy (non-hydrogen) atoms. The van der Waals surface area contributed by atoms with Gasteiger partial charge in [-0.3, -0.25) is 9.59 Å². The first-order valence-electron chi connectivity index (χ1n) is 9.74. The molecule has 0 saturated heterocycles. The smallest absolute Gasteiger partial charge is 0.237 e. The molecule has 0 aliphatic rings. The number of thioether (sulfide) groups is 1. The Kier molecular flexibility index (Phi) is 8.58. The third-order valence-corrected chi connectivity index (χ3v) is 5.82. The normalized spacial score (nSPS) is 11.6. The summed E-state index contributed by atoms with van der Waals surface area (Å²) in [5, 5.41) is 5.73. The SMILES string of the molecule is COc1ccc(NC(=O)C(C)SCCCC(=O)Nc2c(C)cc(C)cc2C)cc1. The van der Waals surface area contributed by atoms with Gasteiger partial charge in [0.15, 0.2) is 0 Å². The molecule has 0 saturated carbocycles. The number of benzene rings is 2. The average molecular weight is 415 g/mol. The Labute approximate surface area is 177 Å². The van der Waals surface area contributed by atoms with Gasteiger partial charge in [-0.05, 0) is 75.3 Å². The Morgan fingerprint density at radius 2 is 1.66 bits per heavy atom. The minimum Gasteiger partial charge on any atom is -0.497 e. The van der Waals surface area contributed by atoms with Gasteiger partial charge in [0.2, 0.25) is 11.8 Å². The van der Waals surface area contributed by atoms with E-state index in [1.54, 1.807) is 18.9 Å². The molecule has 2 aromatic rings. The lowest BCUT2D eigenvalue weighted by atomic mass is 10.0. The molecule has 0 spiro atoms. The number of ether oxygens (including phenoxy) is 1. The third-order valence-electron chi connectivity index (χ3n) is 4.58. The lowest BCUT2D eigenvalue weighted by Gasteiger charge is -2.14. The molecule has 0 radical (unpaired) electrons. The number of amides is 2. The number of rotatable bonds is 9. The maximum atomic E-state index is 12.3. The van der Waals surface area contributed by atoms with Crippen molar-refractivity contribution < 1.29 is 14.3 Å². The van der Waals surface area contributed by atoms with Crippen LogP contribution in [0.25, 0.3) is 0 Å². The average Bonchev–Trinajstić information content (AvgIpc) is 2.68. The molecule has 2 N–H and O–H groups in total. The molecule has 2 amide bonds. The van der Waals surface area contributed by atoms with Crippen molar-refractivity contribution in [3.8, 4) is 5.75 Å². The van der Waals surface area contributed by atoms with Crippen molar-refractivity contribution >= 4 is 35.0 Å². The van der Waals surface area contributed by atoms with E-state index in [0.29, 0.717) is 6.42 Å². The van der Waals surface area contributed by atoms with Crippen molar-refractivity contribution in [2.24, 2.45) is 0 Å². The zero-order chi connectivity index (χ0) is 21.4. The molecule has 0 bridgehead atoms. The van der Waals surface area contributed by atoms with E-state index in [9.17, 15) is 9.59 Å². The molecule has 2 rings (SSSR count). The van der Waals surface area contributed by atoms with Crippen LogP contribution < -0.4 is 15.4 Å². The fraction of sp³-hybridized carbons (Fsp3) is 0.391. The van der Waals surface area contributed by atoms with Crippen molar-refractivity contribution in [3.05, 3.63) is 53.1 Å². The van der Waals surface area contributed by atoms with Crippen molar-refractivity contribution in [1.29, 1.82) is 0 Å². The van der Waals surface area contributed by atoms with Crippen molar-refractivity contribution in [3.63, 3.8) is 0 Å². The van der Waals surface area contributed by atoms with Gasteiger partial charge in [0, 0.05) is 17.8 Å². The lowest BCUT2D eigenvalue weighted by molar-refractivity contribution is -0.116. The summed E-state index contributed by atoms with van der Waals surface area (Å²) in [6.45, 7) is 7.94. The number of methoxy groups -OCH3 is 1. The molecule has 2 aromatic carbocycles. The summed E-state index contributed by atoms with van der Waals surface area (Å²) in [6.07, 6.45) is 1.16. The zero-order valence-corrected chi connectivity index (χ0v) is 18.6. The summed E-state index contributed by atoms with van der Waals surface area (Å²) in [5.41, 5.74) is 4.99. The molecule has 0 aliphatic heterocycles. The van der Waals surface area contributed by atoms with Crippen molar-refractivity contribution in [2.45, 2.75) is 45.8 Å². The van der Waals surface area contributed by atoms with Crippen LogP contribution in [0.15, 0.2) is 36.4 Å². The Bertz CT molecular complexity index is 827. The highest BCUT2D eigenvalue weighted by Gasteiger charge is 2.14. The van der Waals surface area contributed by atoms with Crippen LogP contribution >= 0.6 is 11.8 Å². The van der Waals surface area contributed by atoms with Gasteiger partial charge in [0.05, 0.1) is 12.4 Å². The predicted octanol–water partition coefficient (Wildman–Crippen LogP) is 5.10. The number of nitrogens with one attached hydrogen (secondary N) is 2. The highest BCUT2D eigenvalue weighted by molar-refractivity contribution is 8.00. The zero-order valence-electron chi connectivity index (χ0n) is 17.8. The second kappa shape index (κ2) is 10.9. The van der Waals surface area contributed by atoms with Gasteiger partial charge in [0.1, 0.15) is 5.75 Å². The Morgan fingerprint density at radius 3 is 2.24 bits per heavy atom. The first-order valence-corrected chi connectivity index (χ1v) is 10.8. The molecule has 5 nitrogen and oxygen atoms in total. The van der Waals surface area contributed by atoms with Crippen LogP contribution in [0.1, 0.15) is 36.5 Å². The van der Waals surface area contributed by atoms with Gasteiger partial charge in [-0.2, -0.15) is 0 Å². The van der Waals surface area contributed by atoms with E-state index < -0.39 is 0 Å². The van der Waals surface area contributed by atoms with Crippen LogP contribution in [-0.4, -0.2) is 29.9 Å². The summed E-state index contributed by atoms with van der Waals surface area (Å²) in [7, 11) is 1.61. The van der Waals surface area contributed by atoms with Gasteiger partial charge >= 0.3 is 0 Å². The van der Waals surface area contributed by atoms with Crippen LogP contribution in [0.4, 0.5) is 11.4 Å². The molecule has 0 aromatic heterocycles. The van der Waals surface area contributed by atoms with Gasteiger partial charge in [-0.1, -0.05) is 17.7 Å². The monoisotopic (exact) mass is 414 g/mol. The quantitative estimate of drug-likeness (QED) is 0.560. The van der Waals surface area contributed by atoms with Crippen LogP contribution in [0.2, 0.25) is 0 Å². The summed E-state index contributed by atoms with van der Waals surface area (Å²) >= 11 is 1.55. The molecule has 0 aliphatic carbocycles. The molecule has 0 heterocycles. The second-order valence-corrected chi connectivity index (χ2v) is 8.60. The van der Waals surface area contributed by atoms with Crippen molar-refractivity contribution in [2.75, 3.05) is 23.5 Å². The first-order chi connectivity index (χ1) is 13.8. The Hall–Kier alpha value is -2.47. The minimum absolute atomic E-state index is 0.0102. The highest BCUT2D eigenvalue weighted by Crippen LogP contribution is 2.23. The van der Waals surface area contributed by atoms with E-state index >= 15 is 0 Å².